The third kappa shape index (κ3) is 4.07. The van der Waals surface area contributed by atoms with Crippen molar-refractivity contribution in [3.8, 4) is 11.5 Å². The Labute approximate surface area is 88.5 Å². The van der Waals surface area contributed by atoms with Gasteiger partial charge in [-0.1, -0.05) is 0 Å². The lowest BCUT2D eigenvalue weighted by Gasteiger charge is -2.08. The Kier molecular flexibility index (Phi) is 3.60. The summed E-state index contributed by atoms with van der Waals surface area (Å²) in [6, 6.07) is 4.24. The molecule has 0 aromatic heterocycles. The van der Waals surface area contributed by atoms with Gasteiger partial charge in [0.05, 0.1) is 0 Å². The van der Waals surface area contributed by atoms with Crippen molar-refractivity contribution < 1.29 is 32.2 Å². The van der Waals surface area contributed by atoms with Gasteiger partial charge in [0.25, 0.3) is 0 Å². The van der Waals surface area contributed by atoms with Crippen LogP contribution in [0.1, 0.15) is 0 Å². The molecule has 0 spiro atoms. The molecule has 0 amide bonds. The topological polar surface area (TPSA) is 44.8 Å². The van der Waals surface area contributed by atoms with Gasteiger partial charge in [-0.3, -0.25) is 0 Å². The van der Waals surface area contributed by atoms with Crippen molar-refractivity contribution in [2.75, 3.05) is 0 Å². The van der Waals surface area contributed by atoms with Crippen LogP contribution in [0.4, 0.5) is 18.0 Å². The molecular formula is C9H6F3O4. The molecule has 0 heterocycles. The minimum atomic E-state index is -4.76. The molecule has 0 unspecified atom stereocenters. The van der Waals surface area contributed by atoms with Crippen molar-refractivity contribution in [2.24, 2.45) is 0 Å². The largest absolute Gasteiger partial charge is 0.573 e. The van der Waals surface area contributed by atoms with Crippen LogP contribution in [0.5, 0.6) is 11.5 Å². The van der Waals surface area contributed by atoms with Crippen LogP contribution in [0.2, 0.25) is 0 Å². The van der Waals surface area contributed by atoms with Gasteiger partial charge in [0.1, 0.15) is 18.6 Å². The third-order valence-electron chi connectivity index (χ3n) is 1.38. The van der Waals surface area contributed by atoms with E-state index in [0.29, 0.717) is 0 Å². The van der Waals surface area contributed by atoms with Crippen LogP contribution in [-0.2, 0) is 4.74 Å². The van der Waals surface area contributed by atoms with E-state index in [-0.39, 0.29) is 5.75 Å². The number of benzene rings is 1. The first-order chi connectivity index (χ1) is 7.40. The van der Waals surface area contributed by atoms with Gasteiger partial charge in [0.2, 0.25) is 0 Å². The molecule has 0 saturated heterocycles. The first-order valence-corrected chi connectivity index (χ1v) is 3.90. The molecular weight excluding hydrogens is 229 g/mol. The molecule has 1 aromatic carbocycles. The summed E-state index contributed by atoms with van der Waals surface area (Å²) in [6.07, 6.45) is -5.82. The van der Waals surface area contributed by atoms with Crippen molar-refractivity contribution in [3.63, 3.8) is 0 Å². The second-order valence-corrected chi connectivity index (χ2v) is 2.52. The molecule has 0 atom stereocenters. The number of rotatable bonds is 2. The lowest BCUT2D eigenvalue weighted by atomic mass is 10.3. The Morgan fingerprint density at radius 3 is 2.06 bits per heavy atom. The van der Waals surface area contributed by atoms with E-state index in [4.69, 9.17) is 0 Å². The summed E-state index contributed by atoms with van der Waals surface area (Å²) in [5.41, 5.74) is 0. The fraction of sp³-hybridized carbons (Fsp3) is 0.111. The Bertz CT molecular complexity index is 358. The van der Waals surface area contributed by atoms with E-state index in [1.165, 1.54) is 0 Å². The maximum atomic E-state index is 11.8. The van der Waals surface area contributed by atoms with E-state index in [1.54, 1.807) is 0 Å². The van der Waals surface area contributed by atoms with Gasteiger partial charge in [-0.25, -0.2) is 4.79 Å². The summed E-state index contributed by atoms with van der Waals surface area (Å²) in [7, 11) is 2.80. The van der Waals surface area contributed by atoms with Crippen LogP contribution in [-0.4, -0.2) is 12.5 Å². The molecule has 0 fully saturated rings. The number of carbonyl (C=O) groups excluding carboxylic acids is 1. The normalized spacial score (nSPS) is 10.8. The Hall–Kier alpha value is -1.92. The van der Waals surface area contributed by atoms with Crippen LogP contribution in [0, 0.1) is 7.11 Å². The molecule has 0 aliphatic carbocycles. The van der Waals surface area contributed by atoms with E-state index in [1.807, 2.05) is 0 Å². The van der Waals surface area contributed by atoms with Crippen molar-refractivity contribution >= 4 is 6.16 Å². The van der Waals surface area contributed by atoms with E-state index in [9.17, 15) is 18.0 Å². The zero-order valence-corrected chi connectivity index (χ0v) is 7.78. The second-order valence-electron chi connectivity index (χ2n) is 2.52. The van der Waals surface area contributed by atoms with Gasteiger partial charge < -0.3 is 14.2 Å². The smallest absolute Gasteiger partial charge is 0.430 e. The quantitative estimate of drug-likeness (QED) is 0.584. The lowest BCUT2D eigenvalue weighted by Crippen LogP contribution is -2.17. The summed E-state index contributed by atoms with van der Waals surface area (Å²) in [6.45, 7) is 0. The highest BCUT2D eigenvalue weighted by Gasteiger charge is 2.30. The standard InChI is InChI=1S/C9H6F3O4/c1-14-8(13)15-6-2-4-7(5-3-6)16-9(10,11)12/h2-5H,1H2. The van der Waals surface area contributed by atoms with Gasteiger partial charge in [0, 0.05) is 0 Å². The van der Waals surface area contributed by atoms with E-state index in [0.717, 1.165) is 24.3 Å². The fourth-order valence-electron chi connectivity index (χ4n) is 0.835. The highest BCUT2D eigenvalue weighted by atomic mass is 19.4. The zero-order valence-electron chi connectivity index (χ0n) is 7.78. The molecule has 0 aliphatic heterocycles. The number of hydrogen-bond acceptors (Lipinski definition) is 4. The fourth-order valence-corrected chi connectivity index (χ4v) is 0.835. The van der Waals surface area contributed by atoms with Crippen molar-refractivity contribution in [3.05, 3.63) is 31.4 Å². The number of hydrogen-bond donors (Lipinski definition) is 0. The van der Waals surface area contributed by atoms with Crippen molar-refractivity contribution in [2.45, 2.75) is 6.36 Å². The molecule has 16 heavy (non-hydrogen) atoms. The van der Waals surface area contributed by atoms with Crippen LogP contribution in [0.25, 0.3) is 0 Å². The SMILES string of the molecule is [CH2]OC(=O)Oc1ccc(OC(F)(F)F)cc1. The molecule has 87 valence electrons. The highest BCUT2D eigenvalue weighted by Crippen LogP contribution is 2.24. The van der Waals surface area contributed by atoms with E-state index >= 15 is 0 Å². The van der Waals surface area contributed by atoms with E-state index < -0.39 is 18.3 Å². The Balaban J connectivity index is 2.64. The molecule has 7 heteroatoms. The average molecular weight is 235 g/mol. The van der Waals surface area contributed by atoms with Crippen molar-refractivity contribution in [1.82, 2.24) is 0 Å². The molecule has 0 N–H and O–H groups in total. The highest BCUT2D eigenvalue weighted by molar-refractivity contribution is 5.63. The van der Waals surface area contributed by atoms with Gasteiger partial charge in [-0.2, -0.15) is 0 Å². The molecule has 0 aliphatic rings. The van der Waals surface area contributed by atoms with Gasteiger partial charge >= 0.3 is 12.5 Å². The average Bonchev–Trinajstić information content (AvgIpc) is 2.18. The first-order valence-electron chi connectivity index (χ1n) is 3.90. The molecule has 0 saturated carbocycles. The summed E-state index contributed by atoms with van der Waals surface area (Å²) >= 11 is 0. The number of halogens is 3. The minimum Gasteiger partial charge on any atom is -0.430 e. The third-order valence-corrected chi connectivity index (χ3v) is 1.38. The predicted octanol–water partition coefficient (Wildman–Crippen LogP) is 2.89. The Morgan fingerprint density at radius 1 is 1.12 bits per heavy atom. The van der Waals surface area contributed by atoms with Gasteiger partial charge in [-0.05, 0) is 24.3 Å². The minimum absolute atomic E-state index is 0.0168. The Morgan fingerprint density at radius 2 is 1.62 bits per heavy atom. The van der Waals surface area contributed by atoms with E-state index in [2.05, 4.69) is 21.3 Å². The van der Waals surface area contributed by atoms with Crippen molar-refractivity contribution in [1.29, 1.82) is 0 Å². The number of ether oxygens (including phenoxy) is 3. The summed E-state index contributed by atoms with van der Waals surface area (Å²) in [5, 5.41) is 0. The van der Waals surface area contributed by atoms with Gasteiger partial charge in [0.15, 0.2) is 0 Å². The van der Waals surface area contributed by atoms with Gasteiger partial charge in [-0.15, -0.1) is 13.2 Å². The second kappa shape index (κ2) is 4.73. The predicted molar refractivity (Wildman–Crippen MR) is 45.6 cm³/mol. The molecule has 1 aromatic rings. The maximum Gasteiger partial charge on any atom is 0.573 e. The lowest BCUT2D eigenvalue weighted by molar-refractivity contribution is -0.274. The summed E-state index contributed by atoms with van der Waals surface area (Å²) in [4.78, 5) is 10.6. The molecule has 1 radical (unpaired) electrons. The van der Waals surface area contributed by atoms with Crippen LogP contribution in [0.15, 0.2) is 24.3 Å². The first kappa shape index (κ1) is 12.2. The van der Waals surface area contributed by atoms with Crippen LogP contribution in [0.3, 0.4) is 0 Å². The van der Waals surface area contributed by atoms with Crippen LogP contribution >= 0.6 is 0 Å². The number of carbonyl (C=O) groups is 1. The zero-order chi connectivity index (χ0) is 12.2. The summed E-state index contributed by atoms with van der Waals surface area (Å²) < 4.78 is 47.3. The molecule has 1 rings (SSSR count). The van der Waals surface area contributed by atoms with Crippen LogP contribution < -0.4 is 9.47 Å². The monoisotopic (exact) mass is 235 g/mol. The molecule has 4 nitrogen and oxygen atoms in total. The number of alkyl halides is 3. The molecule has 0 bridgehead atoms. The summed E-state index contributed by atoms with van der Waals surface area (Å²) in [5.74, 6) is -0.397. The maximum absolute atomic E-state index is 11.8.